The number of ether oxygens (including phenoxy) is 1. The van der Waals surface area contributed by atoms with Crippen LogP contribution in [-0.4, -0.2) is 39.5 Å². The van der Waals surface area contributed by atoms with E-state index in [0.29, 0.717) is 17.0 Å². The Bertz CT molecular complexity index is 886. The van der Waals surface area contributed by atoms with Crippen molar-refractivity contribution in [3.8, 4) is 5.75 Å². The normalized spacial score (nSPS) is 12.6. The van der Waals surface area contributed by atoms with E-state index in [1.54, 1.807) is 18.2 Å². The zero-order valence-corrected chi connectivity index (χ0v) is 12.6. The third-order valence-corrected chi connectivity index (χ3v) is 3.34. The number of carboxylic acid groups (broad SMARTS) is 1. The van der Waals surface area contributed by atoms with E-state index in [2.05, 4.69) is 20.6 Å². The Morgan fingerprint density at radius 2 is 2.08 bits per heavy atom. The number of carbonyl (C=O) groups is 3. The molecular formula is C15H11FN4O5. The number of carboxylic acids is 1. The van der Waals surface area contributed by atoms with Crippen LogP contribution in [0.5, 0.6) is 5.75 Å². The summed E-state index contributed by atoms with van der Waals surface area (Å²) in [4.78, 5) is 40.9. The van der Waals surface area contributed by atoms with Gasteiger partial charge in [-0.05, 0) is 17.7 Å². The molecule has 2 aromatic rings. The molecule has 2 heterocycles. The number of aromatic nitrogens is 2. The summed E-state index contributed by atoms with van der Waals surface area (Å²) in [5.74, 6) is -3.58. The van der Waals surface area contributed by atoms with Gasteiger partial charge in [0.2, 0.25) is 0 Å². The Kier molecular flexibility index (Phi) is 4.25. The van der Waals surface area contributed by atoms with Crippen molar-refractivity contribution in [3.63, 3.8) is 0 Å². The van der Waals surface area contributed by atoms with Crippen LogP contribution in [0.3, 0.4) is 0 Å². The lowest BCUT2D eigenvalue weighted by atomic mass is 10.1. The van der Waals surface area contributed by atoms with Gasteiger partial charge in [0.15, 0.2) is 23.8 Å². The number of halogens is 1. The fraction of sp³-hybridized carbons (Fsp3) is 0.133. The van der Waals surface area contributed by atoms with Gasteiger partial charge >= 0.3 is 5.97 Å². The average molecular weight is 346 g/mol. The highest BCUT2D eigenvalue weighted by atomic mass is 19.1. The fourth-order valence-electron chi connectivity index (χ4n) is 2.18. The SMILES string of the molecule is O=C1COc2ccc(CNC(=O)c3ncnc(C(=O)O)c3F)cc2N1. The lowest BCUT2D eigenvalue weighted by Crippen LogP contribution is -2.27. The molecule has 1 aromatic heterocycles. The monoisotopic (exact) mass is 346 g/mol. The highest BCUT2D eigenvalue weighted by Crippen LogP contribution is 2.28. The third-order valence-electron chi connectivity index (χ3n) is 3.34. The van der Waals surface area contributed by atoms with E-state index < -0.39 is 29.1 Å². The fourth-order valence-corrected chi connectivity index (χ4v) is 2.18. The summed E-state index contributed by atoms with van der Waals surface area (Å²) >= 11 is 0. The van der Waals surface area contributed by atoms with Crippen LogP contribution in [0, 0.1) is 5.82 Å². The second-order valence-corrected chi connectivity index (χ2v) is 5.04. The molecule has 0 saturated carbocycles. The van der Waals surface area contributed by atoms with Crippen molar-refractivity contribution in [2.75, 3.05) is 11.9 Å². The first kappa shape index (κ1) is 16.3. The van der Waals surface area contributed by atoms with Crippen molar-refractivity contribution < 1.29 is 28.6 Å². The van der Waals surface area contributed by atoms with E-state index in [1.165, 1.54) is 0 Å². The molecule has 0 fully saturated rings. The standard InChI is InChI=1S/C15H11FN4O5/c16-11-12(18-6-19-13(11)15(23)24)14(22)17-4-7-1-2-9-8(3-7)20-10(21)5-25-9/h1-3,6H,4-5H2,(H,17,22)(H,20,21)(H,23,24). The first-order chi connectivity index (χ1) is 12.0. The van der Waals surface area contributed by atoms with Gasteiger partial charge < -0.3 is 20.5 Å². The number of hydrogen-bond acceptors (Lipinski definition) is 6. The Hall–Kier alpha value is -3.56. The number of rotatable bonds is 4. The van der Waals surface area contributed by atoms with Crippen LogP contribution in [0.25, 0.3) is 0 Å². The quantitative estimate of drug-likeness (QED) is 0.738. The molecule has 0 radical (unpaired) electrons. The number of benzene rings is 1. The Balaban J connectivity index is 1.73. The first-order valence-electron chi connectivity index (χ1n) is 7.03. The summed E-state index contributed by atoms with van der Waals surface area (Å²) in [6, 6.07) is 4.89. The molecule has 0 atom stereocenters. The minimum Gasteiger partial charge on any atom is -0.482 e. The Labute approximate surface area is 139 Å². The van der Waals surface area contributed by atoms with E-state index in [-0.39, 0.29) is 19.1 Å². The van der Waals surface area contributed by atoms with E-state index in [1.807, 2.05) is 0 Å². The molecule has 1 aliphatic heterocycles. The number of hydrogen-bond donors (Lipinski definition) is 3. The molecule has 25 heavy (non-hydrogen) atoms. The van der Waals surface area contributed by atoms with Gasteiger partial charge in [-0.3, -0.25) is 9.59 Å². The topological polar surface area (TPSA) is 131 Å². The summed E-state index contributed by atoms with van der Waals surface area (Å²) in [5, 5.41) is 13.9. The van der Waals surface area contributed by atoms with Gasteiger partial charge in [-0.15, -0.1) is 0 Å². The van der Waals surface area contributed by atoms with Gasteiger partial charge in [0.05, 0.1) is 5.69 Å². The van der Waals surface area contributed by atoms with E-state index in [4.69, 9.17) is 9.84 Å². The van der Waals surface area contributed by atoms with Crippen molar-refractivity contribution in [2.24, 2.45) is 0 Å². The molecule has 0 spiro atoms. The van der Waals surface area contributed by atoms with Crippen LogP contribution in [0.4, 0.5) is 10.1 Å². The van der Waals surface area contributed by atoms with Crippen LogP contribution >= 0.6 is 0 Å². The summed E-state index contributed by atoms with van der Waals surface area (Å²) in [5.41, 5.74) is -0.467. The molecule has 9 nitrogen and oxygen atoms in total. The van der Waals surface area contributed by atoms with Gasteiger partial charge in [-0.2, -0.15) is 0 Å². The van der Waals surface area contributed by atoms with Gasteiger partial charge in [0, 0.05) is 6.54 Å². The lowest BCUT2D eigenvalue weighted by molar-refractivity contribution is -0.118. The van der Waals surface area contributed by atoms with E-state index >= 15 is 0 Å². The van der Waals surface area contributed by atoms with Crippen LogP contribution in [0.1, 0.15) is 26.5 Å². The molecular weight excluding hydrogens is 335 g/mol. The molecule has 1 aromatic carbocycles. The van der Waals surface area contributed by atoms with Gasteiger partial charge in [0.1, 0.15) is 12.1 Å². The summed E-state index contributed by atoms with van der Waals surface area (Å²) < 4.78 is 19.2. The number of fused-ring (bicyclic) bond motifs is 1. The largest absolute Gasteiger partial charge is 0.482 e. The summed E-state index contributed by atoms with van der Waals surface area (Å²) in [6.45, 7) is -0.0597. The minimum absolute atomic E-state index is 0.00777. The Morgan fingerprint density at radius 1 is 1.32 bits per heavy atom. The second kappa shape index (κ2) is 6.51. The molecule has 3 rings (SSSR count). The highest BCUT2D eigenvalue weighted by molar-refractivity contribution is 5.96. The minimum atomic E-state index is -1.60. The number of carbonyl (C=O) groups excluding carboxylic acids is 2. The van der Waals surface area contributed by atoms with Gasteiger partial charge in [0.25, 0.3) is 11.8 Å². The van der Waals surface area contributed by atoms with Crippen molar-refractivity contribution in [2.45, 2.75) is 6.54 Å². The molecule has 3 N–H and O–H groups in total. The zero-order chi connectivity index (χ0) is 18.0. The van der Waals surface area contributed by atoms with Crippen molar-refractivity contribution in [3.05, 3.63) is 47.3 Å². The Morgan fingerprint density at radius 3 is 2.84 bits per heavy atom. The van der Waals surface area contributed by atoms with Crippen LogP contribution < -0.4 is 15.4 Å². The summed E-state index contributed by atoms with van der Waals surface area (Å²) in [7, 11) is 0. The van der Waals surface area contributed by atoms with Crippen molar-refractivity contribution >= 4 is 23.5 Å². The zero-order valence-electron chi connectivity index (χ0n) is 12.6. The molecule has 0 unspecified atom stereocenters. The second-order valence-electron chi connectivity index (χ2n) is 5.04. The van der Waals surface area contributed by atoms with Gasteiger partial charge in [-0.25, -0.2) is 19.2 Å². The first-order valence-corrected chi connectivity index (χ1v) is 7.03. The predicted octanol–water partition coefficient (Wildman–Crippen LogP) is 0.575. The third kappa shape index (κ3) is 3.37. The number of amides is 2. The molecule has 0 aliphatic carbocycles. The number of aromatic carboxylic acids is 1. The molecule has 0 bridgehead atoms. The van der Waals surface area contributed by atoms with Crippen molar-refractivity contribution in [1.29, 1.82) is 0 Å². The van der Waals surface area contributed by atoms with Crippen molar-refractivity contribution in [1.82, 2.24) is 15.3 Å². The highest BCUT2D eigenvalue weighted by Gasteiger charge is 2.22. The van der Waals surface area contributed by atoms with Crippen LogP contribution in [-0.2, 0) is 11.3 Å². The molecule has 10 heteroatoms. The molecule has 1 aliphatic rings. The summed E-state index contributed by atoms with van der Waals surface area (Å²) in [6.07, 6.45) is 0.799. The molecule has 2 amide bonds. The number of nitrogens with zero attached hydrogens (tertiary/aromatic N) is 2. The maximum atomic E-state index is 13.9. The van der Waals surface area contributed by atoms with Crippen LogP contribution in [0.15, 0.2) is 24.5 Å². The smallest absolute Gasteiger partial charge is 0.357 e. The predicted molar refractivity (Wildman–Crippen MR) is 80.7 cm³/mol. The van der Waals surface area contributed by atoms with E-state index in [0.717, 1.165) is 6.33 Å². The maximum absolute atomic E-state index is 13.9. The maximum Gasteiger partial charge on any atom is 0.357 e. The number of nitrogens with one attached hydrogen (secondary N) is 2. The lowest BCUT2D eigenvalue weighted by Gasteiger charge is -2.18. The molecule has 128 valence electrons. The van der Waals surface area contributed by atoms with Crippen LogP contribution in [0.2, 0.25) is 0 Å². The van der Waals surface area contributed by atoms with E-state index in [9.17, 15) is 18.8 Å². The molecule has 0 saturated heterocycles. The average Bonchev–Trinajstić information content (AvgIpc) is 2.59. The van der Waals surface area contributed by atoms with Gasteiger partial charge in [-0.1, -0.05) is 6.07 Å². The number of anilines is 1.